The minimum Gasteiger partial charge on any atom is -0.324 e. The number of halogens is 1. The molecule has 1 aromatic carbocycles. The van der Waals surface area contributed by atoms with Crippen LogP contribution in [0.5, 0.6) is 0 Å². The Bertz CT molecular complexity index is 546. The fourth-order valence-corrected chi connectivity index (χ4v) is 3.25. The van der Waals surface area contributed by atoms with E-state index in [0.29, 0.717) is 6.04 Å². The van der Waals surface area contributed by atoms with E-state index in [0.717, 1.165) is 25.0 Å². The summed E-state index contributed by atoms with van der Waals surface area (Å²) in [7, 11) is 0. The number of hydrogen-bond donors (Lipinski definition) is 1. The van der Waals surface area contributed by atoms with E-state index < -0.39 is 0 Å². The van der Waals surface area contributed by atoms with Crippen LogP contribution in [0.25, 0.3) is 0 Å². The van der Waals surface area contributed by atoms with Crippen LogP contribution in [0, 0.1) is 3.57 Å². The van der Waals surface area contributed by atoms with E-state index in [4.69, 9.17) is 5.73 Å². The van der Waals surface area contributed by atoms with Gasteiger partial charge in [0.1, 0.15) is 0 Å². The van der Waals surface area contributed by atoms with Crippen molar-refractivity contribution in [3.8, 4) is 0 Å². The average molecular weight is 383 g/mol. The van der Waals surface area contributed by atoms with Crippen molar-refractivity contribution in [2.75, 3.05) is 0 Å². The van der Waals surface area contributed by atoms with Crippen molar-refractivity contribution in [3.63, 3.8) is 0 Å². The second kappa shape index (κ2) is 7.22. The zero-order chi connectivity index (χ0) is 14.5. The molecule has 0 fully saturated rings. The van der Waals surface area contributed by atoms with Crippen LogP contribution in [0.15, 0.2) is 36.5 Å². The standard InChI is InChI=1S/C16H22IN3/c1-3-13(4-2)20-10-9-12(19-20)11-16(18)14-7-5-6-8-15(14)17/h5-10,13,16H,3-4,11,18H2,1-2H3. The van der Waals surface area contributed by atoms with E-state index in [-0.39, 0.29) is 6.04 Å². The van der Waals surface area contributed by atoms with Crippen LogP contribution in [-0.4, -0.2) is 9.78 Å². The summed E-state index contributed by atoms with van der Waals surface area (Å²) >= 11 is 2.34. The lowest BCUT2D eigenvalue weighted by Crippen LogP contribution is -2.15. The molecule has 0 aliphatic rings. The quantitative estimate of drug-likeness (QED) is 0.764. The summed E-state index contributed by atoms with van der Waals surface area (Å²) in [5.74, 6) is 0. The van der Waals surface area contributed by atoms with Crippen molar-refractivity contribution in [1.29, 1.82) is 0 Å². The maximum Gasteiger partial charge on any atom is 0.0643 e. The van der Waals surface area contributed by atoms with E-state index in [1.54, 1.807) is 0 Å². The Kier molecular flexibility index (Phi) is 5.60. The molecule has 0 amide bonds. The van der Waals surface area contributed by atoms with Crippen LogP contribution in [0.1, 0.15) is 50.0 Å². The second-order valence-electron chi connectivity index (χ2n) is 5.09. The van der Waals surface area contributed by atoms with Crippen molar-refractivity contribution in [2.45, 2.75) is 45.2 Å². The Morgan fingerprint density at radius 3 is 2.55 bits per heavy atom. The van der Waals surface area contributed by atoms with Gasteiger partial charge < -0.3 is 5.73 Å². The van der Waals surface area contributed by atoms with Gasteiger partial charge in [-0.15, -0.1) is 0 Å². The summed E-state index contributed by atoms with van der Waals surface area (Å²) in [6, 6.07) is 10.9. The molecule has 4 heteroatoms. The molecular weight excluding hydrogens is 361 g/mol. The molecule has 0 aliphatic carbocycles. The van der Waals surface area contributed by atoms with E-state index in [9.17, 15) is 0 Å². The molecule has 1 aromatic heterocycles. The third kappa shape index (κ3) is 3.61. The highest BCUT2D eigenvalue weighted by Crippen LogP contribution is 2.22. The number of aromatic nitrogens is 2. The number of hydrogen-bond acceptors (Lipinski definition) is 2. The maximum absolute atomic E-state index is 6.32. The second-order valence-corrected chi connectivity index (χ2v) is 6.25. The number of benzene rings is 1. The van der Waals surface area contributed by atoms with Gasteiger partial charge in [0.25, 0.3) is 0 Å². The van der Waals surface area contributed by atoms with Crippen LogP contribution >= 0.6 is 22.6 Å². The van der Waals surface area contributed by atoms with Crippen LogP contribution in [0.4, 0.5) is 0 Å². The summed E-state index contributed by atoms with van der Waals surface area (Å²) in [6.07, 6.45) is 5.09. The monoisotopic (exact) mass is 383 g/mol. The molecule has 0 radical (unpaired) electrons. The third-order valence-corrected chi connectivity index (χ3v) is 4.70. The summed E-state index contributed by atoms with van der Waals surface area (Å²) in [6.45, 7) is 4.40. The van der Waals surface area contributed by atoms with Gasteiger partial charge in [-0.3, -0.25) is 4.68 Å². The number of nitrogens with zero attached hydrogens (tertiary/aromatic N) is 2. The van der Waals surface area contributed by atoms with E-state index >= 15 is 0 Å². The predicted molar refractivity (Wildman–Crippen MR) is 91.6 cm³/mol. The molecule has 0 bridgehead atoms. The molecule has 108 valence electrons. The first-order chi connectivity index (χ1) is 9.65. The maximum atomic E-state index is 6.32. The molecule has 3 nitrogen and oxygen atoms in total. The van der Waals surface area contributed by atoms with Crippen molar-refractivity contribution in [1.82, 2.24) is 9.78 Å². The smallest absolute Gasteiger partial charge is 0.0643 e. The number of nitrogens with two attached hydrogens (primary N) is 1. The fraction of sp³-hybridized carbons (Fsp3) is 0.438. The Morgan fingerprint density at radius 2 is 1.90 bits per heavy atom. The summed E-state index contributed by atoms with van der Waals surface area (Å²) < 4.78 is 3.30. The molecule has 0 saturated carbocycles. The zero-order valence-electron chi connectivity index (χ0n) is 12.1. The molecule has 20 heavy (non-hydrogen) atoms. The molecule has 0 aliphatic heterocycles. The van der Waals surface area contributed by atoms with Crippen molar-refractivity contribution >= 4 is 22.6 Å². The molecule has 1 atom stereocenters. The van der Waals surface area contributed by atoms with Crippen LogP contribution in [0.3, 0.4) is 0 Å². The summed E-state index contributed by atoms with van der Waals surface area (Å²) in [5, 5.41) is 4.68. The molecule has 2 rings (SSSR count). The molecule has 2 aromatic rings. The van der Waals surface area contributed by atoms with Gasteiger partial charge in [0.15, 0.2) is 0 Å². The lowest BCUT2D eigenvalue weighted by Gasteiger charge is -2.14. The van der Waals surface area contributed by atoms with Crippen LogP contribution in [-0.2, 0) is 6.42 Å². The fourth-order valence-electron chi connectivity index (χ4n) is 2.46. The average Bonchev–Trinajstić information content (AvgIpc) is 2.89. The zero-order valence-corrected chi connectivity index (χ0v) is 14.2. The largest absolute Gasteiger partial charge is 0.324 e. The van der Waals surface area contributed by atoms with Crippen molar-refractivity contribution in [3.05, 3.63) is 51.4 Å². The van der Waals surface area contributed by atoms with Gasteiger partial charge in [0.05, 0.1) is 11.7 Å². The van der Waals surface area contributed by atoms with E-state index in [2.05, 4.69) is 70.6 Å². The van der Waals surface area contributed by atoms with Gasteiger partial charge in [-0.1, -0.05) is 32.0 Å². The van der Waals surface area contributed by atoms with Crippen LogP contribution in [0.2, 0.25) is 0 Å². The minimum atomic E-state index is 0.00755. The summed E-state index contributed by atoms with van der Waals surface area (Å²) in [5.41, 5.74) is 8.60. The minimum absolute atomic E-state index is 0.00755. The predicted octanol–water partition coefficient (Wildman–Crippen LogP) is 4.09. The van der Waals surface area contributed by atoms with Crippen LogP contribution < -0.4 is 5.73 Å². The van der Waals surface area contributed by atoms with Gasteiger partial charge in [-0.25, -0.2) is 0 Å². The Balaban J connectivity index is 2.09. The first-order valence-electron chi connectivity index (χ1n) is 7.19. The first kappa shape index (κ1) is 15.5. The Hall–Kier alpha value is -0.880. The van der Waals surface area contributed by atoms with Crippen molar-refractivity contribution in [2.24, 2.45) is 5.73 Å². The molecule has 0 saturated heterocycles. The molecule has 0 spiro atoms. The topological polar surface area (TPSA) is 43.8 Å². The normalized spacial score (nSPS) is 12.8. The lowest BCUT2D eigenvalue weighted by atomic mass is 10.0. The molecule has 1 heterocycles. The van der Waals surface area contributed by atoms with Gasteiger partial charge in [0, 0.05) is 22.2 Å². The number of rotatable bonds is 6. The molecular formula is C16H22IN3. The van der Waals surface area contributed by atoms with Gasteiger partial charge >= 0.3 is 0 Å². The van der Waals surface area contributed by atoms with E-state index in [1.165, 1.54) is 9.13 Å². The van der Waals surface area contributed by atoms with Crippen molar-refractivity contribution < 1.29 is 0 Å². The highest BCUT2D eigenvalue weighted by atomic mass is 127. The summed E-state index contributed by atoms with van der Waals surface area (Å²) in [4.78, 5) is 0. The Morgan fingerprint density at radius 1 is 1.20 bits per heavy atom. The van der Waals surface area contributed by atoms with E-state index in [1.807, 2.05) is 12.1 Å². The van der Waals surface area contributed by atoms with Gasteiger partial charge in [-0.05, 0) is 53.1 Å². The highest BCUT2D eigenvalue weighted by Gasteiger charge is 2.13. The van der Waals surface area contributed by atoms with Gasteiger partial charge in [0.2, 0.25) is 0 Å². The van der Waals surface area contributed by atoms with Gasteiger partial charge in [-0.2, -0.15) is 5.10 Å². The Labute approximate surface area is 134 Å². The lowest BCUT2D eigenvalue weighted by molar-refractivity contribution is 0.424. The molecule has 2 N–H and O–H groups in total. The third-order valence-electron chi connectivity index (χ3n) is 3.71. The molecule has 1 unspecified atom stereocenters. The SMILES string of the molecule is CCC(CC)n1ccc(CC(N)c2ccccc2I)n1. The first-order valence-corrected chi connectivity index (χ1v) is 8.27. The highest BCUT2D eigenvalue weighted by molar-refractivity contribution is 14.1.